The molecule has 3 N–H and O–H groups in total. The molecule has 2 unspecified atom stereocenters. The van der Waals surface area contributed by atoms with Crippen LogP contribution in [0.5, 0.6) is 0 Å². The van der Waals surface area contributed by atoms with Gasteiger partial charge in [-0.05, 0) is 52.4 Å². The van der Waals surface area contributed by atoms with Gasteiger partial charge in [-0.15, -0.1) is 0 Å². The first-order valence-electron chi connectivity index (χ1n) is 5.45. The fraction of sp³-hybridized carbons (Fsp3) is 0.455. The Labute approximate surface area is 110 Å². The van der Waals surface area contributed by atoms with E-state index in [0.29, 0.717) is 28.5 Å². The van der Waals surface area contributed by atoms with E-state index >= 15 is 0 Å². The molecule has 2 atom stereocenters. The minimum Gasteiger partial charge on any atom is -0.398 e. The summed E-state index contributed by atoms with van der Waals surface area (Å²) in [5, 5.41) is 0. The van der Waals surface area contributed by atoms with Crippen molar-refractivity contribution in [2.45, 2.75) is 18.2 Å². The second-order valence-corrected chi connectivity index (χ2v) is 7.13. The van der Waals surface area contributed by atoms with E-state index < -0.39 is 10.0 Å². The molecule has 6 heteroatoms. The largest absolute Gasteiger partial charge is 0.398 e. The Morgan fingerprint density at radius 2 is 2.18 bits per heavy atom. The molecule has 0 heterocycles. The van der Waals surface area contributed by atoms with Crippen LogP contribution in [0.4, 0.5) is 5.69 Å². The average Bonchev–Trinajstić information content (AvgIpc) is 2.96. The Balaban J connectivity index is 2.10. The van der Waals surface area contributed by atoms with Crippen molar-refractivity contribution in [1.82, 2.24) is 4.72 Å². The molecule has 1 saturated carbocycles. The maximum absolute atomic E-state index is 12.0. The van der Waals surface area contributed by atoms with E-state index in [2.05, 4.69) is 27.6 Å². The highest BCUT2D eigenvalue weighted by Gasteiger charge is 2.33. The van der Waals surface area contributed by atoms with E-state index in [1.54, 1.807) is 6.07 Å². The normalized spacial score (nSPS) is 23.6. The fourth-order valence-electron chi connectivity index (χ4n) is 1.66. The number of nitrogen functional groups attached to an aromatic ring is 1. The smallest absolute Gasteiger partial charge is 0.240 e. The molecule has 0 aliphatic heterocycles. The lowest BCUT2D eigenvalue weighted by molar-refractivity contribution is 0.574. The second-order valence-electron chi connectivity index (χ2n) is 4.51. The molecule has 94 valence electrons. The highest BCUT2D eigenvalue weighted by Crippen LogP contribution is 2.37. The van der Waals surface area contributed by atoms with Crippen LogP contribution >= 0.6 is 15.9 Å². The number of hydrogen-bond donors (Lipinski definition) is 2. The number of nitrogens with two attached hydrogens (primary N) is 1. The second kappa shape index (κ2) is 4.59. The molecule has 0 aromatic heterocycles. The summed E-state index contributed by atoms with van der Waals surface area (Å²) in [6.45, 7) is 2.64. The molecule has 1 aliphatic rings. The van der Waals surface area contributed by atoms with Gasteiger partial charge < -0.3 is 5.73 Å². The summed E-state index contributed by atoms with van der Waals surface area (Å²) in [6, 6.07) is 4.62. The number of sulfonamides is 1. The molecular formula is C11H15BrN2O2S. The van der Waals surface area contributed by atoms with E-state index in [1.165, 1.54) is 12.1 Å². The molecule has 0 bridgehead atoms. The summed E-state index contributed by atoms with van der Waals surface area (Å²) < 4.78 is 27.1. The van der Waals surface area contributed by atoms with Crippen LogP contribution in [-0.4, -0.2) is 15.0 Å². The van der Waals surface area contributed by atoms with E-state index in [0.717, 1.165) is 6.42 Å². The van der Waals surface area contributed by atoms with Gasteiger partial charge in [-0.1, -0.05) is 6.92 Å². The topological polar surface area (TPSA) is 72.2 Å². The highest BCUT2D eigenvalue weighted by molar-refractivity contribution is 9.10. The van der Waals surface area contributed by atoms with Crippen molar-refractivity contribution in [2.75, 3.05) is 12.3 Å². The summed E-state index contributed by atoms with van der Waals surface area (Å²) in [5.74, 6) is 1.12. The van der Waals surface area contributed by atoms with Gasteiger partial charge in [0.15, 0.2) is 0 Å². The summed E-state index contributed by atoms with van der Waals surface area (Å²) in [6.07, 6.45) is 1.11. The van der Waals surface area contributed by atoms with E-state index in [4.69, 9.17) is 5.73 Å². The zero-order valence-electron chi connectivity index (χ0n) is 9.48. The van der Waals surface area contributed by atoms with Gasteiger partial charge in [0.2, 0.25) is 10.0 Å². The van der Waals surface area contributed by atoms with E-state index in [-0.39, 0.29) is 4.90 Å². The number of nitrogens with one attached hydrogen (secondary N) is 1. The lowest BCUT2D eigenvalue weighted by Gasteiger charge is -2.07. The number of benzene rings is 1. The molecular weight excluding hydrogens is 304 g/mol. The highest BCUT2D eigenvalue weighted by atomic mass is 79.9. The third-order valence-corrected chi connectivity index (χ3v) is 5.20. The van der Waals surface area contributed by atoms with Crippen molar-refractivity contribution >= 4 is 31.6 Å². The Kier molecular flexibility index (Phi) is 3.47. The van der Waals surface area contributed by atoms with Gasteiger partial charge in [0.1, 0.15) is 0 Å². The predicted molar refractivity (Wildman–Crippen MR) is 71.0 cm³/mol. The molecule has 1 aromatic carbocycles. The third kappa shape index (κ3) is 3.00. The fourth-order valence-corrected chi connectivity index (χ4v) is 3.31. The number of rotatable bonds is 4. The predicted octanol–water partition coefficient (Wildman–Crippen LogP) is 1.97. The van der Waals surface area contributed by atoms with Crippen LogP contribution in [0.1, 0.15) is 13.3 Å². The summed E-state index contributed by atoms with van der Waals surface area (Å²) >= 11 is 3.22. The Morgan fingerprint density at radius 1 is 1.53 bits per heavy atom. The monoisotopic (exact) mass is 318 g/mol. The molecule has 1 aromatic rings. The van der Waals surface area contributed by atoms with Crippen LogP contribution < -0.4 is 10.5 Å². The van der Waals surface area contributed by atoms with Crippen molar-refractivity contribution in [3.63, 3.8) is 0 Å². The van der Waals surface area contributed by atoms with Gasteiger partial charge in [0.05, 0.1) is 4.90 Å². The van der Waals surface area contributed by atoms with Crippen LogP contribution in [0.15, 0.2) is 27.6 Å². The Hall–Kier alpha value is -0.590. The lowest BCUT2D eigenvalue weighted by atomic mass is 10.3. The first-order chi connectivity index (χ1) is 7.90. The summed E-state index contributed by atoms with van der Waals surface area (Å²) in [5.41, 5.74) is 6.15. The minimum atomic E-state index is -3.41. The molecule has 0 saturated heterocycles. The maximum atomic E-state index is 12.0. The number of anilines is 1. The van der Waals surface area contributed by atoms with Crippen molar-refractivity contribution < 1.29 is 8.42 Å². The quantitative estimate of drug-likeness (QED) is 0.834. The van der Waals surface area contributed by atoms with E-state index in [9.17, 15) is 8.42 Å². The van der Waals surface area contributed by atoms with Gasteiger partial charge in [0.25, 0.3) is 0 Å². The van der Waals surface area contributed by atoms with Gasteiger partial charge in [0, 0.05) is 16.7 Å². The van der Waals surface area contributed by atoms with Crippen LogP contribution in [0.3, 0.4) is 0 Å². The first kappa shape index (κ1) is 12.9. The molecule has 0 spiro atoms. The van der Waals surface area contributed by atoms with Crippen molar-refractivity contribution in [1.29, 1.82) is 0 Å². The molecule has 0 amide bonds. The Bertz CT molecular complexity index is 530. The molecule has 17 heavy (non-hydrogen) atoms. The summed E-state index contributed by atoms with van der Waals surface area (Å²) in [7, 11) is -3.41. The van der Waals surface area contributed by atoms with Gasteiger partial charge in [-0.25, -0.2) is 13.1 Å². The van der Waals surface area contributed by atoms with Crippen LogP contribution in [0, 0.1) is 11.8 Å². The number of halogens is 1. The van der Waals surface area contributed by atoms with Gasteiger partial charge in [-0.2, -0.15) is 0 Å². The van der Waals surface area contributed by atoms with Crippen LogP contribution in [-0.2, 0) is 10.0 Å². The van der Waals surface area contributed by atoms with Crippen molar-refractivity contribution in [3.05, 3.63) is 22.7 Å². The summed E-state index contributed by atoms with van der Waals surface area (Å²) in [4.78, 5) is 0.242. The van der Waals surface area contributed by atoms with E-state index in [1.807, 2.05) is 0 Å². The number of hydrogen-bond acceptors (Lipinski definition) is 3. The molecule has 4 nitrogen and oxygen atoms in total. The third-order valence-electron chi connectivity index (χ3n) is 3.09. The van der Waals surface area contributed by atoms with Crippen molar-refractivity contribution in [3.8, 4) is 0 Å². The zero-order chi connectivity index (χ0) is 12.6. The maximum Gasteiger partial charge on any atom is 0.240 e. The van der Waals surface area contributed by atoms with Crippen LogP contribution in [0.25, 0.3) is 0 Å². The first-order valence-corrected chi connectivity index (χ1v) is 7.72. The standard InChI is InChI=1S/C11H15BrN2O2S/c1-7-4-8(7)6-14-17(15,16)9-2-3-11(13)10(12)5-9/h2-3,5,7-8,14H,4,6,13H2,1H3. The molecule has 0 radical (unpaired) electrons. The molecule has 2 rings (SSSR count). The van der Waals surface area contributed by atoms with Gasteiger partial charge in [-0.3, -0.25) is 0 Å². The zero-order valence-corrected chi connectivity index (χ0v) is 11.9. The molecule has 1 aliphatic carbocycles. The van der Waals surface area contributed by atoms with Crippen molar-refractivity contribution in [2.24, 2.45) is 11.8 Å². The van der Waals surface area contributed by atoms with Gasteiger partial charge >= 0.3 is 0 Å². The molecule has 1 fully saturated rings. The Morgan fingerprint density at radius 3 is 2.71 bits per heavy atom. The minimum absolute atomic E-state index is 0.242. The average molecular weight is 319 g/mol. The lowest BCUT2D eigenvalue weighted by Crippen LogP contribution is -2.26. The van der Waals surface area contributed by atoms with Crippen LogP contribution in [0.2, 0.25) is 0 Å². The SMILES string of the molecule is CC1CC1CNS(=O)(=O)c1ccc(N)c(Br)c1.